The van der Waals surface area contributed by atoms with Crippen molar-refractivity contribution in [3.8, 4) is 11.3 Å². The van der Waals surface area contributed by atoms with Crippen molar-refractivity contribution in [2.24, 2.45) is 0 Å². The van der Waals surface area contributed by atoms with Gasteiger partial charge in [0, 0.05) is 11.6 Å². The molecule has 0 aliphatic heterocycles. The Kier molecular flexibility index (Phi) is 5.88. The van der Waals surface area contributed by atoms with E-state index >= 15 is 0 Å². The topological polar surface area (TPSA) is 67.2 Å². The number of carbonyl (C=O) groups excluding carboxylic acids is 1. The highest BCUT2D eigenvalue weighted by atomic mass is 16.4. The van der Waals surface area contributed by atoms with E-state index in [4.69, 9.17) is 4.42 Å². The molecule has 3 rings (SSSR count). The number of amides is 2. The van der Waals surface area contributed by atoms with E-state index in [0.717, 1.165) is 18.4 Å². The zero-order chi connectivity index (χ0) is 16.6. The second-order valence-electron chi connectivity index (χ2n) is 6.35. The lowest BCUT2D eigenvalue weighted by Crippen LogP contribution is -2.42. The van der Waals surface area contributed by atoms with Gasteiger partial charge in [0.2, 0.25) is 5.89 Å². The molecule has 2 N–H and O–H groups in total. The molecule has 24 heavy (non-hydrogen) atoms. The zero-order valence-corrected chi connectivity index (χ0v) is 14.0. The van der Waals surface area contributed by atoms with Crippen LogP contribution >= 0.6 is 0 Å². The van der Waals surface area contributed by atoms with E-state index in [9.17, 15) is 4.79 Å². The number of aromatic nitrogens is 1. The minimum absolute atomic E-state index is 0.139. The first-order valence-electron chi connectivity index (χ1n) is 8.86. The highest BCUT2D eigenvalue weighted by Crippen LogP contribution is 2.19. The van der Waals surface area contributed by atoms with Crippen molar-refractivity contribution >= 4 is 6.03 Å². The van der Waals surface area contributed by atoms with Crippen molar-refractivity contribution in [3.05, 3.63) is 42.4 Å². The van der Waals surface area contributed by atoms with Crippen LogP contribution in [0.15, 0.2) is 40.9 Å². The number of nitrogens with zero attached hydrogens (tertiary/aromatic N) is 1. The van der Waals surface area contributed by atoms with Gasteiger partial charge in [0.25, 0.3) is 0 Å². The minimum atomic E-state index is -0.139. The van der Waals surface area contributed by atoms with Gasteiger partial charge in [0.1, 0.15) is 0 Å². The molecule has 1 aromatic carbocycles. The minimum Gasteiger partial charge on any atom is -0.439 e. The fourth-order valence-corrected chi connectivity index (χ4v) is 3.12. The molecule has 0 spiro atoms. The number of rotatable bonds is 4. The predicted octanol–water partition coefficient (Wildman–Crippen LogP) is 4.25. The molecule has 1 aliphatic carbocycles. The maximum atomic E-state index is 12.1. The van der Waals surface area contributed by atoms with Crippen molar-refractivity contribution in [2.75, 3.05) is 0 Å². The van der Waals surface area contributed by atoms with Crippen LogP contribution in [0.4, 0.5) is 4.79 Å². The molecule has 128 valence electrons. The van der Waals surface area contributed by atoms with E-state index in [1.807, 2.05) is 30.3 Å². The molecule has 2 aromatic rings. The fourth-order valence-electron chi connectivity index (χ4n) is 3.12. The Balaban J connectivity index is 1.47. The lowest BCUT2D eigenvalue weighted by atomic mass is 9.97. The van der Waals surface area contributed by atoms with Crippen molar-refractivity contribution < 1.29 is 9.21 Å². The summed E-state index contributed by atoms with van der Waals surface area (Å²) in [6, 6.07) is 9.96. The average Bonchev–Trinajstić information content (AvgIpc) is 3.05. The lowest BCUT2D eigenvalue weighted by Gasteiger charge is -2.21. The second-order valence-corrected chi connectivity index (χ2v) is 6.35. The third kappa shape index (κ3) is 4.85. The van der Waals surface area contributed by atoms with Crippen LogP contribution in [0.1, 0.15) is 50.8 Å². The molecule has 1 aliphatic rings. The summed E-state index contributed by atoms with van der Waals surface area (Å²) in [6.07, 6.45) is 10.1. The van der Waals surface area contributed by atoms with Crippen LogP contribution in [-0.2, 0) is 6.54 Å². The first-order chi connectivity index (χ1) is 11.8. The first kappa shape index (κ1) is 16.6. The molecular weight excluding hydrogens is 302 g/mol. The standard InChI is InChI=1S/C19H25N3O2/c23-19(22-16-11-7-2-1-3-8-12-16)21-14-18-20-13-17(24-18)15-9-5-4-6-10-15/h4-6,9-10,13,16H,1-3,7-8,11-12,14H2,(H2,21,22,23). The van der Waals surface area contributed by atoms with E-state index in [1.54, 1.807) is 6.20 Å². The molecule has 0 saturated heterocycles. The summed E-state index contributed by atoms with van der Waals surface area (Å²) in [4.78, 5) is 16.3. The largest absolute Gasteiger partial charge is 0.439 e. The van der Waals surface area contributed by atoms with Gasteiger partial charge in [0.15, 0.2) is 5.76 Å². The van der Waals surface area contributed by atoms with E-state index in [0.29, 0.717) is 18.2 Å². The second kappa shape index (κ2) is 8.52. The maximum Gasteiger partial charge on any atom is 0.315 e. The summed E-state index contributed by atoms with van der Waals surface area (Å²) in [5, 5.41) is 5.92. The van der Waals surface area contributed by atoms with Gasteiger partial charge in [-0.25, -0.2) is 9.78 Å². The van der Waals surface area contributed by atoms with Crippen molar-refractivity contribution in [3.63, 3.8) is 0 Å². The number of nitrogens with one attached hydrogen (secondary N) is 2. The summed E-state index contributed by atoms with van der Waals surface area (Å²) >= 11 is 0. The van der Waals surface area contributed by atoms with E-state index in [2.05, 4.69) is 15.6 Å². The van der Waals surface area contributed by atoms with Crippen LogP contribution in [-0.4, -0.2) is 17.1 Å². The van der Waals surface area contributed by atoms with Crippen LogP contribution in [0.25, 0.3) is 11.3 Å². The molecule has 1 aromatic heterocycles. The smallest absolute Gasteiger partial charge is 0.315 e. The van der Waals surface area contributed by atoms with Crippen LogP contribution in [0, 0.1) is 0 Å². The van der Waals surface area contributed by atoms with Gasteiger partial charge in [-0.05, 0) is 12.8 Å². The SMILES string of the molecule is O=C(NCc1ncc(-c2ccccc2)o1)NC1CCCCCCC1. The first-order valence-corrected chi connectivity index (χ1v) is 8.86. The maximum absolute atomic E-state index is 12.1. The average molecular weight is 327 g/mol. The Labute approximate surface area is 142 Å². The Morgan fingerprint density at radius 2 is 1.79 bits per heavy atom. The molecule has 0 bridgehead atoms. The van der Waals surface area contributed by atoms with Gasteiger partial charge >= 0.3 is 6.03 Å². The van der Waals surface area contributed by atoms with E-state index in [1.165, 1.54) is 32.1 Å². The summed E-state index contributed by atoms with van der Waals surface area (Å²) in [6.45, 7) is 0.297. The van der Waals surface area contributed by atoms with Crippen LogP contribution in [0.5, 0.6) is 0 Å². The normalized spacial score (nSPS) is 16.2. The van der Waals surface area contributed by atoms with Gasteiger partial charge < -0.3 is 15.1 Å². The molecular formula is C19H25N3O2. The number of hydrogen-bond donors (Lipinski definition) is 2. The number of hydrogen-bond acceptors (Lipinski definition) is 3. The molecule has 5 nitrogen and oxygen atoms in total. The molecule has 2 amide bonds. The summed E-state index contributed by atoms with van der Waals surface area (Å²) in [5.41, 5.74) is 0.982. The van der Waals surface area contributed by atoms with E-state index < -0.39 is 0 Å². The van der Waals surface area contributed by atoms with Gasteiger partial charge in [0.05, 0.1) is 12.7 Å². The monoisotopic (exact) mass is 327 g/mol. The van der Waals surface area contributed by atoms with E-state index in [-0.39, 0.29) is 12.1 Å². The molecule has 5 heteroatoms. The van der Waals surface area contributed by atoms with Gasteiger partial charge in [-0.15, -0.1) is 0 Å². The van der Waals surface area contributed by atoms with Crippen molar-refractivity contribution in [1.82, 2.24) is 15.6 Å². The number of benzene rings is 1. The number of oxazole rings is 1. The Bertz CT molecular complexity index is 631. The van der Waals surface area contributed by atoms with Crippen LogP contribution in [0.3, 0.4) is 0 Å². The molecule has 0 radical (unpaired) electrons. The van der Waals surface area contributed by atoms with Gasteiger partial charge in [-0.3, -0.25) is 0 Å². The van der Waals surface area contributed by atoms with Crippen molar-refractivity contribution in [1.29, 1.82) is 0 Å². The molecule has 0 unspecified atom stereocenters. The highest BCUT2D eigenvalue weighted by molar-refractivity contribution is 5.74. The summed E-state index contributed by atoms with van der Waals surface area (Å²) < 4.78 is 5.69. The third-order valence-corrected chi connectivity index (χ3v) is 4.45. The van der Waals surface area contributed by atoms with Crippen molar-refractivity contribution in [2.45, 2.75) is 57.5 Å². The number of urea groups is 1. The Morgan fingerprint density at radius 1 is 1.08 bits per heavy atom. The summed E-state index contributed by atoms with van der Waals surface area (Å²) in [7, 11) is 0. The predicted molar refractivity (Wildman–Crippen MR) is 93.4 cm³/mol. The fraction of sp³-hybridized carbons (Fsp3) is 0.474. The molecule has 1 heterocycles. The summed E-state index contributed by atoms with van der Waals surface area (Å²) in [5.74, 6) is 1.23. The van der Waals surface area contributed by atoms with Crippen LogP contribution in [0.2, 0.25) is 0 Å². The molecule has 1 saturated carbocycles. The lowest BCUT2D eigenvalue weighted by molar-refractivity contribution is 0.232. The Hall–Kier alpha value is -2.30. The third-order valence-electron chi connectivity index (χ3n) is 4.45. The zero-order valence-electron chi connectivity index (χ0n) is 14.0. The molecule has 0 atom stereocenters. The van der Waals surface area contributed by atoms with Gasteiger partial charge in [-0.1, -0.05) is 62.4 Å². The quantitative estimate of drug-likeness (QED) is 0.882. The highest BCUT2D eigenvalue weighted by Gasteiger charge is 2.14. The van der Waals surface area contributed by atoms with Gasteiger partial charge in [-0.2, -0.15) is 0 Å². The number of carbonyl (C=O) groups is 1. The van der Waals surface area contributed by atoms with Crippen LogP contribution < -0.4 is 10.6 Å². The Morgan fingerprint density at radius 3 is 2.54 bits per heavy atom. The molecule has 1 fully saturated rings.